The number of hydrogen-bond donors (Lipinski definition) is 1. The van der Waals surface area contributed by atoms with E-state index in [1.165, 1.54) is 11.0 Å². The van der Waals surface area contributed by atoms with Gasteiger partial charge in [0.2, 0.25) is 5.91 Å². The van der Waals surface area contributed by atoms with E-state index < -0.39 is 0 Å². The molecule has 25 heavy (non-hydrogen) atoms. The average molecular weight is 349 g/mol. The first-order valence-electron chi connectivity index (χ1n) is 8.86. The number of carbonyl (C=O) groups excluding carboxylic acids is 2. The van der Waals surface area contributed by atoms with Gasteiger partial charge < -0.3 is 15.1 Å². The van der Waals surface area contributed by atoms with Crippen LogP contribution in [0.25, 0.3) is 0 Å². The van der Waals surface area contributed by atoms with E-state index >= 15 is 0 Å². The highest BCUT2D eigenvalue weighted by Crippen LogP contribution is 2.24. The summed E-state index contributed by atoms with van der Waals surface area (Å²) < 4.78 is 14.4. The van der Waals surface area contributed by atoms with Gasteiger partial charge in [-0.05, 0) is 58.7 Å². The van der Waals surface area contributed by atoms with Crippen molar-refractivity contribution in [2.75, 3.05) is 31.1 Å². The predicted molar refractivity (Wildman–Crippen MR) is 97.3 cm³/mol. The van der Waals surface area contributed by atoms with Gasteiger partial charge in [-0.25, -0.2) is 4.39 Å². The van der Waals surface area contributed by atoms with Crippen LogP contribution in [0.4, 0.5) is 10.1 Å². The third kappa shape index (κ3) is 5.18. The molecule has 6 heteroatoms. The molecule has 0 atom stereocenters. The molecule has 1 aromatic carbocycles. The number of benzene rings is 1. The third-order valence-corrected chi connectivity index (χ3v) is 4.16. The van der Waals surface area contributed by atoms with Crippen molar-refractivity contribution in [3.05, 3.63) is 29.6 Å². The molecule has 0 aromatic heterocycles. The van der Waals surface area contributed by atoms with E-state index in [1.54, 1.807) is 19.1 Å². The number of likely N-dealkylation sites (N-methyl/N-ethyl adjacent to an activating group) is 1. The Balaban J connectivity index is 2.09. The molecular weight excluding hydrogens is 321 g/mol. The minimum absolute atomic E-state index is 0.0396. The fourth-order valence-electron chi connectivity index (χ4n) is 3.00. The number of nitrogens with one attached hydrogen (secondary N) is 1. The maximum absolute atomic E-state index is 14.4. The van der Waals surface area contributed by atoms with Crippen LogP contribution in [0.15, 0.2) is 18.2 Å². The lowest BCUT2D eigenvalue weighted by molar-refractivity contribution is -0.123. The van der Waals surface area contributed by atoms with Crippen LogP contribution in [-0.4, -0.2) is 48.4 Å². The van der Waals surface area contributed by atoms with E-state index in [-0.39, 0.29) is 35.3 Å². The summed E-state index contributed by atoms with van der Waals surface area (Å²) in [5.41, 5.74) is 0.455. The molecule has 0 saturated carbocycles. The molecule has 0 unspecified atom stereocenters. The van der Waals surface area contributed by atoms with Crippen LogP contribution in [0.3, 0.4) is 0 Å². The van der Waals surface area contributed by atoms with Crippen LogP contribution >= 0.6 is 0 Å². The minimum atomic E-state index is -0.386. The molecule has 138 valence electrons. The van der Waals surface area contributed by atoms with E-state index in [0.29, 0.717) is 12.2 Å². The summed E-state index contributed by atoms with van der Waals surface area (Å²) >= 11 is 0. The van der Waals surface area contributed by atoms with Gasteiger partial charge in [0, 0.05) is 30.7 Å². The van der Waals surface area contributed by atoms with E-state index in [2.05, 4.69) is 5.32 Å². The zero-order valence-corrected chi connectivity index (χ0v) is 15.6. The summed E-state index contributed by atoms with van der Waals surface area (Å²) in [6.07, 6.45) is 2.12. The molecule has 0 bridgehead atoms. The highest BCUT2D eigenvalue weighted by molar-refractivity contribution is 5.97. The Bertz CT molecular complexity index is 634. The molecule has 0 spiro atoms. The molecule has 2 amide bonds. The predicted octanol–water partition coefficient (Wildman–Crippen LogP) is 2.80. The fraction of sp³-hybridized carbons (Fsp3) is 0.579. The largest absolute Gasteiger partial charge is 0.369 e. The van der Waals surface area contributed by atoms with Gasteiger partial charge in [0.15, 0.2) is 0 Å². The van der Waals surface area contributed by atoms with E-state index in [4.69, 9.17) is 0 Å². The second-order valence-electron chi connectivity index (χ2n) is 7.48. The van der Waals surface area contributed by atoms with Gasteiger partial charge in [-0.15, -0.1) is 0 Å². The van der Waals surface area contributed by atoms with Crippen LogP contribution in [0, 0.1) is 5.82 Å². The fourth-order valence-corrected chi connectivity index (χ4v) is 3.00. The Morgan fingerprint density at radius 1 is 1.24 bits per heavy atom. The summed E-state index contributed by atoms with van der Waals surface area (Å²) in [7, 11) is 0. The van der Waals surface area contributed by atoms with Crippen LogP contribution in [0.2, 0.25) is 0 Å². The van der Waals surface area contributed by atoms with E-state index in [0.717, 1.165) is 25.9 Å². The lowest BCUT2D eigenvalue weighted by Crippen LogP contribution is -2.47. The number of hydrogen-bond acceptors (Lipinski definition) is 3. The van der Waals surface area contributed by atoms with Crippen molar-refractivity contribution >= 4 is 17.5 Å². The smallest absolute Gasteiger partial charge is 0.254 e. The molecule has 1 N–H and O–H groups in total. The molecule has 1 aromatic rings. The summed E-state index contributed by atoms with van der Waals surface area (Å²) in [4.78, 5) is 28.1. The number of nitrogens with zero attached hydrogens (tertiary/aromatic N) is 2. The quantitative estimate of drug-likeness (QED) is 0.889. The summed E-state index contributed by atoms with van der Waals surface area (Å²) in [6.45, 7) is 9.49. The Labute approximate surface area is 149 Å². The highest BCUT2D eigenvalue weighted by Gasteiger charge is 2.22. The molecule has 0 radical (unpaired) electrons. The number of halogens is 1. The zero-order chi connectivity index (χ0) is 18.6. The van der Waals surface area contributed by atoms with Crippen molar-refractivity contribution in [3.63, 3.8) is 0 Å². The molecule has 1 aliphatic rings. The Hall–Kier alpha value is -2.11. The van der Waals surface area contributed by atoms with Gasteiger partial charge in [-0.1, -0.05) is 0 Å². The average Bonchev–Trinajstić information content (AvgIpc) is 3.04. The van der Waals surface area contributed by atoms with Gasteiger partial charge in [0.05, 0.1) is 12.2 Å². The lowest BCUT2D eigenvalue weighted by atomic mass is 10.1. The van der Waals surface area contributed by atoms with Crippen molar-refractivity contribution in [2.24, 2.45) is 0 Å². The zero-order valence-electron chi connectivity index (χ0n) is 15.6. The van der Waals surface area contributed by atoms with Crippen LogP contribution in [0.1, 0.15) is 50.9 Å². The van der Waals surface area contributed by atoms with Crippen molar-refractivity contribution in [1.82, 2.24) is 10.2 Å². The Morgan fingerprint density at radius 3 is 2.40 bits per heavy atom. The molecular formula is C19H28FN3O2. The van der Waals surface area contributed by atoms with Gasteiger partial charge in [-0.3, -0.25) is 9.59 Å². The third-order valence-electron chi connectivity index (χ3n) is 4.16. The van der Waals surface area contributed by atoms with Crippen molar-refractivity contribution in [3.8, 4) is 0 Å². The van der Waals surface area contributed by atoms with Gasteiger partial charge >= 0.3 is 0 Å². The van der Waals surface area contributed by atoms with Gasteiger partial charge in [0.1, 0.15) is 5.82 Å². The highest BCUT2D eigenvalue weighted by atomic mass is 19.1. The van der Waals surface area contributed by atoms with Crippen molar-refractivity contribution in [1.29, 1.82) is 0 Å². The first kappa shape index (κ1) is 19.2. The monoisotopic (exact) mass is 349 g/mol. The standard InChI is InChI=1S/C19H28FN3O2/c1-5-22(13-17(24)21-19(2,3)4)18(25)14-8-9-16(15(20)12-14)23-10-6-7-11-23/h8-9,12H,5-7,10-11,13H2,1-4H3,(H,21,24). The molecule has 0 aliphatic carbocycles. The molecule has 5 nitrogen and oxygen atoms in total. The first-order chi connectivity index (χ1) is 11.7. The first-order valence-corrected chi connectivity index (χ1v) is 8.86. The molecule has 1 saturated heterocycles. The maximum Gasteiger partial charge on any atom is 0.254 e. The topological polar surface area (TPSA) is 52.7 Å². The lowest BCUT2D eigenvalue weighted by Gasteiger charge is -2.25. The Kier molecular flexibility index (Phi) is 6.03. The number of carbonyl (C=O) groups is 2. The summed E-state index contributed by atoms with van der Waals surface area (Å²) in [6, 6.07) is 4.58. The van der Waals surface area contributed by atoms with E-state index in [9.17, 15) is 14.0 Å². The molecule has 1 aliphatic heterocycles. The summed E-state index contributed by atoms with van der Waals surface area (Å²) in [5.74, 6) is -0.946. The van der Waals surface area contributed by atoms with Crippen LogP contribution in [0.5, 0.6) is 0 Å². The van der Waals surface area contributed by atoms with Gasteiger partial charge in [0.25, 0.3) is 5.91 Å². The van der Waals surface area contributed by atoms with Gasteiger partial charge in [-0.2, -0.15) is 0 Å². The van der Waals surface area contributed by atoms with Crippen LogP contribution < -0.4 is 10.2 Å². The number of amides is 2. The van der Waals surface area contributed by atoms with Crippen LogP contribution in [-0.2, 0) is 4.79 Å². The van der Waals surface area contributed by atoms with Crippen molar-refractivity contribution in [2.45, 2.75) is 46.1 Å². The second kappa shape index (κ2) is 7.85. The molecule has 1 fully saturated rings. The number of anilines is 1. The maximum atomic E-state index is 14.4. The molecule has 2 rings (SSSR count). The minimum Gasteiger partial charge on any atom is -0.369 e. The second-order valence-corrected chi connectivity index (χ2v) is 7.48. The molecule has 1 heterocycles. The number of rotatable bonds is 5. The van der Waals surface area contributed by atoms with E-state index in [1.807, 2.05) is 25.7 Å². The van der Waals surface area contributed by atoms with Crippen molar-refractivity contribution < 1.29 is 14.0 Å². The Morgan fingerprint density at radius 2 is 1.88 bits per heavy atom. The SMILES string of the molecule is CCN(CC(=O)NC(C)(C)C)C(=O)c1ccc(N2CCCC2)c(F)c1. The normalized spacial score (nSPS) is 14.5. The summed E-state index contributed by atoms with van der Waals surface area (Å²) in [5, 5.41) is 2.83.